The van der Waals surface area contributed by atoms with Gasteiger partial charge in [-0.25, -0.2) is 0 Å². The predicted molar refractivity (Wildman–Crippen MR) is 294 cm³/mol. The van der Waals surface area contributed by atoms with Crippen LogP contribution in [0.3, 0.4) is 0 Å². The smallest absolute Gasteiger partial charge is 0.00201 e. The molecule has 0 bridgehead atoms. The van der Waals surface area contributed by atoms with Crippen molar-refractivity contribution in [1.29, 1.82) is 0 Å². The molecule has 0 saturated carbocycles. The van der Waals surface area contributed by atoms with E-state index in [0.717, 1.165) is 0 Å². The fraction of sp³-hybridized carbons (Fsp3) is 0. The first-order valence-corrected chi connectivity index (χ1v) is 23.7. The van der Waals surface area contributed by atoms with Crippen molar-refractivity contribution < 1.29 is 0 Å². The van der Waals surface area contributed by atoms with E-state index >= 15 is 0 Å². The van der Waals surface area contributed by atoms with Gasteiger partial charge in [-0.2, -0.15) is 0 Å². The molecule has 14 rings (SSSR count). The van der Waals surface area contributed by atoms with E-state index in [1.54, 1.807) is 0 Å². The molecule has 314 valence electrons. The van der Waals surface area contributed by atoms with Gasteiger partial charge in [-0.15, -0.1) is 0 Å². The Hall–Kier alpha value is -8.84. The van der Waals surface area contributed by atoms with Crippen molar-refractivity contribution >= 4 is 86.2 Å². The van der Waals surface area contributed by atoms with Gasteiger partial charge in [-0.3, -0.25) is 0 Å². The van der Waals surface area contributed by atoms with Gasteiger partial charge in [0, 0.05) is 0 Å². The van der Waals surface area contributed by atoms with Gasteiger partial charge in [0.1, 0.15) is 0 Å². The maximum absolute atomic E-state index is 2.38. The van der Waals surface area contributed by atoms with Gasteiger partial charge < -0.3 is 0 Å². The SMILES string of the molecule is c1ccc2cc(-c3c4ccccc4c(-c4cccc5cc(-c6ccc7c(-c8c9ccccc9c(-c9ccc%10ccccc%10c9)c9ccccc89)cccc7c6)ccc45)c4ccccc34)ccc2c1. The Morgan fingerprint density at radius 2 is 0.426 bits per heavy atom. The molecule has 0 amide bonds. The summed E-state index contributed by atoms with van der Waals surface area (Å²) in [5.74, 6) is 0. The molecule has 0 N–H and O–H groups in total. The Morgan fingerprint density at radius 3 is 0.794 bits per heavy atom. The zero-order chi connectivity index (χ0) is 44.7. The molecular weight excluding hydrogens is 817 g/mol. The van der Waals surface area contributed by atoms with Gasteiger partial charge in [0.25, 0.3) is 0 Å². The normalized spacial score (nSPS) is 11.8. The van der Waals surface area contributed by atoms with Crippen molar-refractivity contribution in [3.05, 3.63) is 255 Å². The molecule has 0 aliphatic rings. The fourth-order valence-corrected chi connectivity index (χ4v) is 11.5. The van der Waals surface area contributed by atoms with Crippen LogP contribution in [0.5, 0.6) is 0 Å². The summed E-state index contributed by atoms with van der Waals surface area (Å²) in [7, 11) is 0. The lowest BCUT2D eigenvalue weighted by Gasteiger charge is -2.19. The molecule has 14 aromatic rings. The highest BCUT2D eigenvalue weighted by atomic mass is 14.2. The van der Waals surface area contributed by atoms with Crippen molar-refractivity contribution in [3.8, 4) is 55.6 Å². The predicted octanol–water partition coefficient (Wildman–Crippen LogP) is 19.2. The second-order valence-electron chi connectivity index (χ2n) is 18.3. The summed E-state index contributed by atoms with van der Waals surface area (Å²) in [5, 5.41) is 20.1. The Balaban J connectivity index is 0.900. The molecule has 0 fully saturated rings. The van der Waals surface area contributed by atoms with Gasteiger partial charge in [-0.1, -0.05) is 231 Å². The number of fused-ring (bicyclic) bond motifs is 8. The highest BCUT2D eigenvalue weighted by Crippen LogP contribution is 2.48. The standard InChI is InChI=1S/C68H42/c1-3-17-45-41-51(33-31-43(45)15-1)65-57-21-5-9-25-61(57)67(62-26-10-6-22-58(62)65)55-29-13-19-49-39-47(35-37-53(49)55)48-36-38-54-50(40-48)20-14-30-56(54)68-63-27-11-7-23-59(63)66(60-24-8-12-28-64(60)68)52-34-32-44-16-2-4-18-46(44)42-52/h1-42H. The van der Waals surface area contributed by atoms with E-state index in [0.29, 0.717) is 0 Å². The molecule has 0 aromatic heterocycles. The molecule has 0 saturated heterocycles. The molecule has 0 heteroatoms. The molecule has 0 radical (unpaired) electrons. The third-order valence-electron chi connectivity index (χ3n) is 14.6. The van der Waals surface area contributed by atoms with Crippen LogP contribution < -0.4 is 0 Å². The average molecular weight is 859 g/mol. The summed E-state index contributed by atoms with van der Waals surface area (Å²) >= 11 is 0. The molecule has 0 aliphatic heterocycles. The van der Waals surface area contributed by atoms with Crippen molar-refractivity contribution in [2.24, 2.45) is 0 Å². The van der Waals surface area contributed by atoms with E-state index in [-0.39, 0.29) is 0 Å². The zero-order valence-corrected chi connectivity index (χ0v) is 37.2. The minimum atomic E-state index is 1.21. The van der Waals surface area contributed by atoms with E-state index in [1.165, 1.54) is 142 Å². The second kappa shape index (κ2) is 15.4. The molecule has 0 nitrogen and oxygen atoms in total. The number of rotatable bonds is 5. The minimum Gasteiger partial charge on any atom is -0.0616 e. The highest BCUT2D eigenvalue weighted by Gasteiger charge is 2.20. The molecule has 0 spiro atoms. The van der Waals surface area contributed by atoms with Crippen LogP contribution in [0.15, 0.2) is 255 Å². The lowest BCUT2D eigenvalue weighted by atomic mass is 9.84. The number of hydrogen-bond acceptors (Lipinski definition) is 0. The van der Waals surface area contributed by atoms with Crippen molar-refractivity contribution in [2.75, 3.05) is 0 Å². The zero-order valence-electron chi connectivity index (χ0n) is 37.2. The Bertz CT molecular complexity index is 3980. The molecule has 0 unspecified atom stereocenters. The van der Waals surface area contributed by atoms with Crippen LogP contribution >= 0.6 is 0 Å². The van der Waals surface area contributed by atoms with E-state index in [2.05, 4.69) is 255 Å². The third-order valence-corrected chi connectivity index (χ3v) is 14.6. The van der Waals surface area contributed by atoms with Gasteiger partial charge in [0.2, 0.25) is 0 Å². The summed E-state index contributed by atoms with van der Waals surface area (Å²) in [5.41, 5.74) is 12.5. The number of benzene rings is 14. The van der Waals surface area contributed by atoms with Gasteiger partial charge in [0.05, 0.1) is 0 Å². The first-order chi connectivity index (χ1) is 33.7. The first-order valence-electron chi connectivity index (χ1n) is 23.7. The van der Waals surface area contributed by atoms with Crippen molar-refractivity contribution in [2.45, 2.75) is 0 Å². The maximum atomic E-state index is 2.38. The summed E-state index contributed by atoms with van der Waals surface area (Å²) in [4.78, 5) is 0. The van der Waals surface area contributed by atoms with E-state index in [4.69, 9.17) is 0 Å². The summed E-state index contributed by atoms with van der Waals surface area (Å²) in [6.45, 7) is 0. The molecule has 0 aliphatic carbocycles. The van der Waals surface area contributed by atoms with Crippen LogP contribution in [0.4, 0.5) is 0 Å². The molecule has 14 aromatic carbocycles. The van der Waals surface area contributed by atoms with Crippen LogP contribution in [0.25, 0.3) is 142 Å². The summed E-state index contributed by atoms with van der Waals surface area (Å²) < 4.78 is 0. The van der Waals surface area contributed by atoms with Crippen LogP contribution in [-0.4, -0.2) is 0 Å². The Kier molecular flexibility index (Phi) is 8.69. The Morgan fingerprint density at radius 1 is 0.147 bits per heavy atom. The number of hydrogen-bond donors (Lipinski definition) is 0. The van der Waals surface area contributed by atoms with Crippen LogP contribution in [0.1, 0.15) is 0 Å². The van der Waals surface area contributed by atoms with Gasteiger partial charge in [0.15, 0.2) is 0 Å². The van der Waals surface area contributed by atoms with E-state index < -0.39 is 0 Å². The summed E-state index contributed by atoms with van der Waals surface area (Å²) in [6.07, 6.45) is 0. The first kappa shape index (κ1) is 38.4. The summed E-state index contributed by atoms with van der Waals surface area (Å²) in [6, 6.07) is 94.7. The third kappa shape index (κ3) is 6.01. The van der Waals surface area contributed by atoms with Crippen LogP contribution in [0, 0.1) is 0 Å². The second-order valence-corrected chi connectivity index (χ2v) is 18.3. The molecule has 0 atom stereocenters. The van der Waals surface area contributed by atoms with Crippen molar-refractivity contribution in [3.63, 3.8) is 0 Å². The monoisotopic (exact) mass is 858 g/mol. The fourth-order valence-electron chi connectivity index (χ4n) is 11.5. The largest absolute Gasteiger partial charge is 0.0616 e. The average Bonchev–Trinajstić information content (AvgIpc) is 3.40. The molecule has 68 heavy (non-hydrogen) atoms. The molecule has 0 heterocycles. The maximum Gasteiger partial charge on any atom is -0.00201 e. The van der Waals surface area contributed by atoms with Crippen LogP contribution in [-0.2, 0) is 0 Å². The molecular formula is C68H42. The van der Waals surface area contributed by atoms with Gasteiger partial charge in [-0.05, 0) is 166 Å². The quantitative estimate of drug-likeness (QED) is 0.151. The van der Waals surface area contributed by atoms with Crippen molar-refractivity contribution in [1.82, 2.24) is 0 Å². The van der Waals surface area contributed by atoms with Gasteiger partial charge >= 0.3 is 0 Å². The van der Waals surface area contributed by atoms with Crippen LogP contribution in [0.2, 0.25) is 0 Å². The highest BCUT2D eigenvalue weighted by molar-refractivity contribution is 6.25. The Labute approximate surface area is 394 Å². The topological polar surface area (TPSA) is 0 Å². The minimum absolute atomic E-state index is 1.21. The lowest BCUT2D eigenvalue weighted by molar-refractivity contribution is 1.65. The lowest BCUT2D eigenvalue weighted by Crippen LogP contribution is -1.92. The van der Waals surface area contributed by atoms with E-state index in [1.807, 2.05) is 0 Å². The van der Waals surface area contributed by atoms with E-state index in [9.17, 15) is 0 Å².